The summed E-state index contributed by atoms with van der Waals surface area (Å²) in [6.07, 6.45) is 1.30. The Kier molecular flexibility index (Phi) is 4.22. The number of aliphatic hydroxyl groups is 1. The molecule has 0 bridgehead atoms. The minimum absolute atomic E-state index is 0.0322. The lowest BCUT2D eigenvalue weighted by atomic mass is 10.1. The van der Waals surface area contributed by atoms with Gasteiger partial charge >= 0.3 is 0 Å². The monoisotopic (exact) mass is 298 g/mol. The number of benzene rings is 1. The summed E-state index contributed by atoms with van der Waals surface area (Å²) in [5.41, 5.74) is 0.940. The van der Waals surface area contributed by atoms with E-state index in [0.717, 1.165) is 0 Å². The molecule has 1 atom stereocenters. The molecule has 2 rings (SSSR count). The number of aromatic nitrogens is 1. The van der Waals surface area contributed by atoms with E-state index >= 15 is 0 Å². The van der Waals surface area contributed by atoms with Gasteiger partial charge in [0.2, 0.25) is 10.0 Å². The predicted molar refractivity (Wildman–Crippen MR) is 71.9 cm³/mol. The van der Waals surface area contributed by atoms with Crippen molar-refractivity contribution in [3.8, 4) is 0 Å². The van der Waals surface area contributed by atoms with Crippen LogP contribution in [0, 0.1) is 5.82 Å². The van der Waals surface area contributed by atoms with Crippen LogP contribution in [-0.2, 0) is 16.6 Å². The Morgan fingerprint density at radius 1 is 1.40 bits per heavy atom. The van der Waals surface area contributed by atoms with Crippen molar-refractivity contribution >= 4 is 10.0 Å². The first-order chi connectivity index (χ1) is 9.42. The lowest BCUT2D eigenvalue weighted by Gasteiger charge is -2.13. The van der Waals surface area contributed by atoms with Gasteiger partial charge in [0.25, 0.3) is 0 Å². The Morgan fingerprint density at radius 2 is 2.15 bits per heavy atom. The highest BCUT2D eigenvalue weighted by atomic mass is 32.2. The second-order valence-electron chi connectivity index (χ2n) is 4.42. The third kappa shape index (κ3) is 3.24. The Hall–Kier alpha value is -1.70. The molecule has 1 unspecified atom stereocenters. The van der Waals surface area contributed by atoms with Gasteiger partial charge in [0.05, 0.1) is 11.5 Å². The summed E-state index contributed by atoms with van der Waals surface area (Å²) in [6, 6.07) is 6.53. The predicted octanol–water partition coefficient (Wildman–Crippen LogP) is 1.69. The first kappa shape index (κ1) is 14.7. The van der Waals surface area contributed by atoms with Crippen molar-refractivity contribution in [2.75, 3.05) is 0 Å². The maximum atomic E-state index is 13.1. The zero-order valence-corrected chi connectivity index (χ0v) is 11.6. The van der Waals surface area contributed by atoms with E-state index in [1.165, 1.54) is 30.5 Å². The topological polar surface area (TPSA) is 82.2 Å². The molecule has 0 aliphatic carbocycles. The van der Waals surface area contributed by atoms with Crippen LogP contribution in [0.2, 0.25) is 0 Å². The van der Waals surface area contributed by atoms with Crippen molar-refractivity contribution in [3.63, 3.8) is 0 Å². The van der Waals surface area contributed by atoms with E-state index in [4.69, 9.17) is 5.11 Å². The number of H-pyrrole nitrogens is 1. The summed E-state index contributed by atoms with van der Waals surface area (Å²) in [5.74, 6) is -0.419. The van der Waals surface area contributed by atoms with Crippen LogP contribution in [0.15, 0.2) is 41.4 Å². The van der Waals surface area contributed by atoms with E-state index in [1.54, 1.807) is 13.0 Å². The van der Waals surface area contributed by atoms with Gasteiger partial charge in [-0.25, -0.2) is 17.5 Å². The average Bonchev–Trinajstić information content (AvgIpc) is 2.87. The van der Waals surface area contributed by atoms with Gasteiger partial charge in [-0.05, 0) is 30.7 Å². The zero-order chi connectivity index (χ0) is 14.8. The molecule has 7 heteroatoms. The summed E-state index contributed by atoms with van der Waals surface area (Å²) in [5, 5.41) is 8.92. The SMILES string of the molecule is CC(NS(=O)(=O)c1c[nH]c(CO)c1)c1cccc(F)c1. The van der Waals surface area contributed by atoms with Crippen molar-refractivity contribution in [3.05, 3.63) is 53.6 Å². The lowest BCUT2D eigenvalue weighted by Crippen LogP contribution is -2.26. The quantitative estimate of drug-likeness (QED) is 0.785. The van der Waals surface area contributed by atoms with E-state index in [2.05, 4.69) is 9.71 Å². The Balaban J connectivity index is 2.19. The first-order valence-electron chi connectivity index (χ1n) is 5.98. The van der Waals surface area contributed by atoms with Crippen molar-refractivity contribution < 1.29 is 17.9 Å². The molecule has 0 saturated heterocycles. The Morgan fingerprint density at radius 3 is 2.75 bits per heavy atom. The van der Waals surface area contributed by atoms with Gasteiger partial charge in [0.1, 0.15) is 5.82 Å². The molecule has 1 heterocycles. The molecule has 0 spiro atoms. The zero-order valence-electron chi connectivity index (χ0n) is 10.8. The number of hydrogen-bond acceptors (Lipinski definition) is 3. The number of halogens is 1. The fourth-order valence-corrected chi connectivity index (χ4v) is 3.06. The highest BCUT2D eigenvalue weighted by Crippen LogP contribution is 2.18. The van der Waals surface area contributed by atoms with Gasteiger partial charge in [-0.1, -0.05) is 12.1 Å². The number of rotatable bonds is 5. The van der Waals surface area contributed by atoms with Crippen LogP contribution in [0.4, 0.5) is 4.39 Å². The summed E-state index contributed by atoms with van der Waals surface area (Å²) in [4.78, 5) is 2.69. The highest BCUT2D eigenvalue weighted by Gasteiger charge is 2.19. The van der Waals surface area contributed by atoms with E-state index < -0.39 is 21.9 Å². The van der Waals surface area contributed by atoms with Gasteiger partial charge in [-0.2, -0.15) is 0 Å². The first-order valence-corrected chi connectivity index (χ1v) is 7.46. The molecule has 3 N–H and O–H groups in total. The van der Waals surface area contributed by atoms with Gasteiger partial charge in [-0.15, -0.1) is 0 Å². The largest absolute Gasteiger partial charge is 0.390 e. The van der Waals surface area contributed by atoms with Crippen LogP contribution in [0.5, 0.6) is 0 Å². The molecule has 0 aliphatic rings. The highest BCUT2D eigenvalue weighted by molar-refractivity contribution is 7.89. The van der Waals surface area contributed by atoms with Gasteiger partial charge in [-0.3, -0.25) is 0 Å². The normalized spacial score (nSPS) is 13.3. The number of hydrogen-bond donors (Lipinski definition) is 3. The van der Waals surface area contributed by atoms with E-state index in [9.17, 15) is 12.8 Å². The van der Waals surface area contributed by atoms with Gasteiger partial charge in [0, 0.05) is 17.9 Å². The van der Waals surface area contributed by atoms with Crippen LogP contribution in [-0.4, -0.2) is 18.5 Å². The van der Waals surface area contributed by atoms with Crippen molar-refractivity contribution in [1.82, 2.24) is 9.71 Å². The van der Waals surface area contributed by atoms with E-state index in [-0.39, 0.29) is 11.5 Å². The molecule has 0 saturated carbocycles. The fraction of sp³-hybridized carbons (Fsp3) is 0.231. The van der Waals surface area contributed by atoms with Gasteiger partial charge in [0.15, 0.2) is 0 Å². The molecule has 0 fully saturated rings. The third-order valence-electron chi connectivity index (χ3n) is 2.88. The Labute approximate surface area is 116 Å². The summed E-state index contributed by atoms with van der Waals surface area (Å²) in [6.45, 7) is 1.36. The second-order valence-corrected chi connectivity index (χ2v) is 6.13. The van der Waals surface area contributed by atoms with Crippen molar-refractivity contribution in [2.45, 2.75) is 24.5 Å². The number of aliphatic hydroxyl groups excluding tert-OH is 1. The van der Waals surface area contributed by atoms with E-state index in [1.807, 2.05) is 0 Å². The molecule has 108 valence electrons. The maximum Gasteiger partial charge on any atom is 0.242 e. The van der Waals surface area contributed by atoms with Crippen LogP contribution in [0.3, 0.4) is 0 Å². The molecule has 5 nitrogen and oxygen atoms in total. The standard InChI is InChI=1S/C13H15FN2O3S/c1-9(10-3-2-4-11(14)5-10)16-20(18,19)13-6-12(8-17)15-7-13/h2-7,9,15-17H,8H2,1H3. The molecule has 20 heavy (non-hydrogen) atoms. The Bertz CT molecular complexity index is 697. The van der Waals surface area contributed by atoms with Gasteiger partial charge < -0.3 is 10.1 Å². The van der Waals surface area contributed by atoms with Crippen LogP contribution < -0.4 is 4.72 Å². The molecular weight excluding hydrogens is 283 g/mol. The van der Waals surface area contributed by atoms with Crippen LogP contribution in [0.1, 0.15) is 24.2 Å². The molecule has 0 aliphatic heterocycles. The molecular formula is C13H15FN2O3S. The van der Waals surface area contributed by atoms with Crippen molar-refractivity contribution in [2.24, 2.45) is 0 Å². The maximum absolute atomic E-state index is 13.1. The number of nitrogens with one attached hydrogen (secondary N) is 2. The second kappa shape index (κ2) is 5.74. The molecule has 0 radical (unpaired) electrons. The molecule has 1 aromatic carbocycles. The fourth-order valence-electron chi connectivity index (χ4n) is 1.81. The third-order valence-corrected chi connectivity index (χ3v) is 4.40. The molecule has 0 amide bonds. The molecule has 2 aromatic rings. The van der Waals surface area contributed by atoms with Crippen LogP contribution in [0.25, 0.3) is 0 Å². The minimum Gasteiger partial charge on any atom is -0.390 e. The lowest BCUT2D eigenvalue weighted by molar-refractivity contribution is 0.277. The average molecular weight is 298 g/mol. The summed E-state index contributed by atoms with van der Waals surface area (Å²) >= 11 is 0. The summed E-state index contributed by atoms with van der Waals surface area (Å²) in [7, 11) is -3.72. The molecule has 1 aromatic heterocycles. The summed E-state index contributed by atoms with van der Waals surface area (Å²) < 4.78 is 39.8. The number of sulfonamides is 1. The number of aromatic amines is 1. The van der Waals surface area contributed by atoms with Crippen molar-refractivity contribution in [1.29, 1.82) is 0 Å². The smallest absolute Gasteiger partial charge is 0.242 e. The minimum atomic E-state index is -3.72. The van der Waals surface area contributed by atoms with Crippen LogP contribution >= 0.6 is 0 Å². The van der Waals surface area contributed by atoms with E-state index in [0.29, 0.717) is 11.3 Å².